The van der Waals surface area contributed by atoms with Gasteiger partial charge in [-0.25, -0.2) is 4.79 Å². The maximum Gasteiger partial charge on any atom is 0.337 e. The van der Waals surface area contributed by atoms with E-state index in [1.807, 2.05) is 6.07 Å². The summed E-state index contributed by atoms with van der Waals surface area (Å²) in [6.45, 7) is 16.8. The Labute approximate surface area is 233 Å². The van der Waals surface area contributed by atoms with Gasteiger partial charge in [0, 0.05) is 17.3 Å². The molecule has 2 N–H and O–H groups in total. The first-order valence-electron chi connectivity index (χ1n) is 15.3. The molecular formula is C34H47NO4. The summed E-state index contributed by atoms with van der Waals surface area (Å²) >= 11 is 0. The minimum absolute atomic E-state index is 0.0140. The number of carboxylic acids is 2. The van der Waals surface area contributed by atoms with Gasteiger partial charge in [0.2, 0.25) is 0 Å². The molecule has 3 fully saturated rings. The molecule has 1 heterocycles. The van der Waals surface area contributed by atoms with Crippen LogP contribution < -0.4 is 0 Å². The average Bonchev–Trinajstić information content (AvgIpc) is 2.85. The van der Waals surface area contributed by atoms with Gasteiger partial charge in [-0.05, 0) is 109 Å². The summed E-state index contributed by atoms with van der Waals surface area (Å²) in [5.74, 6) is 0.447. The number of aliphatic carboxylic acids is 1. The number of hydrogen-bond acceptors (Lipinski definition) is 3. The van der Waals surface area contributed by atoms with Crippen LogP contribution in [-0.2, 0) is 16.6 Å². The van der Waals surface area contributed by atoms with Gasteiger partial charge in [0.1, 0.15) is 0 Å². The molecule has 5 aliphatic carbocycles. The highest BCUT2D eigenvalue weighted by molar-refractivity contribution is 5.87. The van der Waals surface area contributed by atoms with Crippen molar-refractivity contribution in [1.82, 2.24) is 4.98 Å². The van der Waals surface area contributed by atoms with Crippen molar-refractivity contribution in [1.29, 1.82) is 0 Å². The lowest BCUT2D eigenvalue weighted by Gasteiger charge is -2.70. The third kappa shape index (κ3) is 3.22. The lowest BCUT2D eigenvalue weighted by molar-refractivity contribution is -0.179. The molecule has 0 aromatic carbocycles. The third-order valence-corrected chi connectivity index (χ3v) is 13.9. The monoisotopic (exact) mass is 533 g/mol. The molecule has 9 unspecified atom stereocenters. The number of fused-ring (bicyclic) bond motifs is 8. The third-order valence-electron chi connectivity index (χ3n) is 13.9. The summed E-state index contributed by atoms with van der Waals surface area (Å²) in [6.07, 6.45) is 11.7. The van der Waals surface area contributed by atoms with Gasteiger partial charge in [0.05, 0.1) is 11.0 Å². The van der Waals surface area contributed by atoms with E-state index in [0.717, 1.165) is 62.6 Å². The normalized spacial score (nSPS) is 45.9. The second kappa shape index (κ2) is 8.19. The molecule has 0 amide bonds. The van der Waals surface area contributed by atoms with Crippen LogP contribution in [0.5, 0.6) is 0 Å². The molecule has 5 nitrogen and oxygen atoms in total. The van der Waals surface area contributed by atoms with Crippen molar-refractivity contribution in [3.63, 3.8) is 0 Å². The van der Waals surface area contributed by atoms with E-state index >= 15 is 0 Å². The van der Waals surface area contributed by atoms with Crippen molar-refractivity contribution >= 4 is 11.9 Å². The molecule has 0 spiro atoms. The van der Waals surface area contributed by atoms with Gasteiger partial charge < -0.3 is 10.2 Å². The van der Waals surface area contributed by atoms with Crippen LogP contribution in [0, 0.1) is 51.2 Å². The van der Waals surface area contributed by atoms with Crippen molar-refractivity contribution in [3.05, 3.63) is 40.7 Å². The minimum atomic E-state index is -0.915. The first-order valence-corrected chi connectivity index (χ1v) is 15.3. The molecule has 1 aromatic heterocycles. The number of carboxylic acid groups (broad SMARTS) is 2. The maximum absolute atomic E-state index is 12.9. The van der Waals surface area contributed by atoms with Crippen LogP contribution in [0.1, 0.15) is 115 Å². The van der Waals surface area contributed by atoms with Crippen LogP contribution in [0.4, 0.5) is 0 Å². The maximum atomic E-state index is 12.9. The zero-order valence-corrected chi connectivity index (χ0v) is 24.9. The van der Waals surface area contributed by atoms with Crippen molar-refractivity contribution in [3.8, 4) is 0 Å². The highest BCUT2D eigenvalue weighted by Crippen LogP contribution is 2.75. The number of allylic oxidation sites excluding steroid dienone is 2. The van der Waals surface area contributed by atoms with Crippen molar-refractivity contribution in [2.45, 2.75) is 105 Å². The summed E-state index contributed by atoms with van der Waals surface area (Å²) in [5.41, 5.74) is 3.22. The Morgan fingerprint density at radius 2 is 1.67 bits per heavy atom. The Hall–Kier alpha value is -2.17. The smallest absolute Gasteiger partial charge is 0.337 e. The second-order valence-electron chi connectivity index (χ2n) is 15.5. The Morgan fingerprint density at radius 1 is 0.949 bits per heavy atom. The van der Waals surface area contributed by atoms with Crippen LogP contribution in [0.2, 0.25) is 0 Å². The summed E-state index contributed by atoms with van der Waals surface area (Å²) < 4.78 is 0. The van der Waals surface area contributed by atoms with E-state index < -0.39 is 17.4 Å². The van der Waals surface area contributed by atoms with Gasteiger partial charge in [-0.3, -0.25) is 9.78 Å². The predicted octanol–water partition coefficient (Wildman–Crippen LogP) is 7.54. The molecule has 5 aliphatic rings. The number of pyridine rings is 1. The van der Waals surface area contributed by atoms with Gasteiger partial charge in [-0.2, -0.15) is 0 Å². The summed E-state index contributed by atoms with van der Waals surface area (Å²) in [4.78, 5) is 29.5. The molecule has 1 aromatic rings. The lowest BCUT2D eigenvalue weighted by Crippen LogP contribution is -2.65. The first kappa shape index (κ1) is 27.0. The number of hydrogen-bond donors (Lipinski definition) is 2. The molecular weight excluding hydrogens is 486 g/mol. The van der Waals surface area contributed by atoms with Gasteiger partial charge in [-0.15, -0.1) is 0 Å². The molecule has 9 atom stereocenters. The number of aromatic nitrogens is 1. The Balaban J connectivity index is 1.48. The Kier molecular flexibility index (Phi) is 5.68. The lowest BCUT2D eigenvalue weighted by atomic mass is 9.33. The zero-order chi connectivity index (χ0) is 28.3. The van der Waals surface area contributed by atoms with E-state index in [1.54, 1.807) is 0 Å². The van der Waals surface area contributed by atoms with E-state index in [9.17, 15) is 19.8 Å². The van der Waals surface area contributed by atoms with E-state index in [1.165, 1.54) is 11.8 Å². The summed E-state index contributed by atoms with van der Waals surface area (Å²) in [6, 6.07) is 1.89. The highest BCUT2D eigenvalue weighted by Gasteiger charge is 2.69. The van der Waals surface area contributed by atoms with Gasteiger partial charge in [0.15, 0.2) is 0 Å². The summed E-state index contributed by atoms with van der Waals surface area (Å²) in [7, 11) is 0. The topological polar surface area (TPSA) is 87.5 Å². The van der Waals surface area contributed by atoms with Gasteiger partial charge in [-0.1, -0.05) is 60.1 Å². The van der Waals surface area contributed by atoms with Crippen molar-refractivity contribution in [2.24, 2.45) is 51.2 Å². The van der Waals surface area contributed by atoms with E-state index in [4.69, 9.17) is 4.98 Å². The first-order chi connectivity index (χ1) is 18.1. The average molecular weight is 534 g/mol. The van der Waals surface area contributed by atoms with Gasteiger partial charge >= 0.3 is 11.9 Å². The minimum Gasteiger partial charge on any atom is -0.481 e. The number of rotatable bonds is 2. The molecule has 0 aliphatic heterocycles. The molecule has 0 saturated heterocycles. The molecule has 0 bridgehead atoms. The largest absolute Gasteiger partial charge is 0.481 e. The fraction of sp³-hybridized carbons (Fsp3) is 0.735. The highest BCUT2D eigenvalue weighted by atomic mass is 16.4. The van der Waals surface area contributed by atoms with Crippen molar-refractivity contribution in [2.75, 3.05) is 0 Å². The van der Waals surface area contributed by atoms with Crippen LogP contribution in [0.25, 0.3) is 0 Å². The predicted molar refractivity (Wildman–Crippen MR) is 152 cm³/mol. The van der Waals surface area contributed by atoms with Gasteiger partial charge in [0.25, 0.3) is 0 Å². The molecule has 0 radical (unpaired) electrons. The molecule has 5 heteroatoms. The fourth-order valence-electron chi connectivity index (χ4n) is 11.6. The fourth-order valence-corrected chi connectivity index (χ4v) is 11.6. The standard InChI is InChI=1S/C34H47NO4/c1-19-10-13-34(29(38)39)15-14-32(6)23(26(34)20(19)2)8-9-25-31(5)17-21-16-22(28(36)37)18-35-27(21)30(3,4)24(31)11-12-33(25,32)7/h8,16,18-20,24-26H,9-15,17H2,1-7H3,(H,36,37)(H,38,39). The van der Waals surface area contributed by atoms with Crippen LogP contribution in [0.15, 0.2) is 23.9 Å². The SMILES string of the molecule is CC1CCC2(C(=O)O)CCC3(C)C(=CCC4C5(C)Cc6cc(C(=O)O)cnc6C(C)(C)C5CCC43C)C2C1C. The van der Waals surface area contributed by atoms with E-state index in [0.29, 0.717) is 23.7 Å². The zero-order valence-electron chi connectivity index (χ0n) is 24.9. The molecule has 3 saturated carbocycles. The van der Waals surface area contributed by atoms with E-state index in [2.05, 4.69) is 54.5 Å². The van der Waals surface area contributed by atoms with E-state index in [-0.39, 0.29) is 33.1 Å². The number of nitrogens with zero attached hydrogens (tertiary/aromatic N) is 1. The molecule has 212 valence electrons. The Bertz CT molecular complexity index is 1280. The van der Waals surface area contributed by atoms with Crippen LogP contribution >= 0.6 is 0 Å². The second-order valence-corrected chi connectivity index (χ2v) is 15.5. The number of carbonyl (C=O) groups is 2. The number of aromatic carboxylic acids is 1. The van der Waals surface area contributed by atoms with Crippen molar-refractivity contribution < 1.29 is 19.8 Å². The summed E-state index contributed by atoms with van der Waals surface area (Å²) in [5, 5.41) is 20.3. The molecule has 6 rings (SSSR count). The quantitative estimate of drug-likeness (QED) is 0.384. The van der Waals surface area contributed by atoms with Crippen LogP contribution in [-0.4, -0.2) is 27.1 Å². The Morgan fingerprint density at radius 3 is 2.33 bits per heavy atom. The molecule has 39 heavy (non-hydrogen) atoms. The van der Waals surface area contributed by atoms with Crippen LogP contribution in [0.3, 0.4) is 0 Å².